The lowest BCUT2D eigenvalue weighted by atomic mass is 10.1. The van der Waals surface area contributed by atoms with Gasteiger partial charge in [-0.15, -0.1) is 0 Å². The summed E-state index contributed by atoms with van der Waals surface area (Å²) < 4.78 is 10.1. The average Bonchev–Trinajstić information content (AvgIpc) is 2.36. The normalized spacial score (nSPS) is 11.3. The fourth-order valence-corrected chi connectivity index (χ4v) is 1.35. The highest BCUT2D eigenvalue weighted by Gasteiger charge is 2.10. The van der Waals surface area contributed by atoms with Crippen molar-refractivity contribution in [3.8, 4) is 0 Å². The van der Waals surface area contributed by atoms with Gasteiger partial charge in [0.2, 0.25) is 0 Å². The fourth-order valence-electron chi connectivity index (χ4n) is 1.35. The van der Waals surface area contributed by atoms with Crippen molar-refractivity contribution >= 4 is 12.0 Å². The van der Waals surface area contributed by atoms with Crippen LogP contribution in [0.25, 0.3) is 6.08 Å². The van der Waals surface area contributed by atoms with Gasteiger partial charge in [0, 0.05) is 7.11 Å². The molecule has 0 aliphatic carbocycles. The van der Waals surface area contributed by atoms with Crippen molar-refractivity contribution in [1.29, 1.82) is 0 Å². The lowest BCUT2D eigenvalue weighted by molar-refractivity contribution is -0.139. The molecular formula is C14H18O3. The monoisotopic (exact) mass is 234 g/mol. The zero-order valence-electron chi connectivity index (χ0n) is 10.3. The van der Waals surface area contributed by atoms with Crippen LogP contribution in [0.1, 0.15) is 18.9 Å². The van der Waals surface area contributed by atoms with E-state index in [9.17, 15) is 4.79 Å². The van der Waals surface area contributed by atoms with E-state index in [2.05, 4.69) is 0 Å². The van der Waals surface area contributed by atoms with Crippen molar-refractivity contribution in [1.82, 2.24) is 0 Å². The number of ether oxygens (including phenoxy) is 2. The van der Waals surface area contributed by atoms with Gasteiger partial charge in [0.15, 0.2) is 0 Å². The molecule has 1 rings (SSSR count). The van der Waals surface area contributed by atoms with Gasteiger partial charge in [-0.3, -0.25) is 0 Å². The molecule has 0 saturated carbocycles. The number of methoxy groups -OCH3 is 1. The molecule has 3 nitrogen and oxygen atoms in total. The minimum atomic E-state index is -0.308. The van der Waals surface area contributed by atoms with Crippen molar-refractivity contribution in [3.05, 3.63) is 41.5 Å². The summed E-state index contributed by atoms with van der Waals surface area (Å²) in [6.45, 7) is 2.66. The molecule has 17 heavy (non-hydrogen) atoms. The first-order chi connectivity index (χ1) is 8.27. The molecule has 0 aromatic heterocycles. The number of carbonyl (C=O) groups is 1. The summed E-state index contributed by atoms with van der Waals surface area (Å²) in [6, 6.07) is 9.65. The first kappa shape index (κ1) is 13.5. The van der Waals surface area contributed by atoms with E-state index in [0.717, 1.165) is 12.0 Å². The van der Waals surface area contributed by atoms with Crippen LogP contribution in [-0.4, -0.2) is 26.3 Å². The molecule has 0 bridgehead atoms. The topological polar surface area (TPSA) is 35.5 Å². The molecule has 92 valence electrons. The second-order valence-corrected chi connectivity index (χ2v) is 3.65. The Hall–Kier alpha value is -1.61. The van der Waals surface area contributed by atoms with Crippen molar-refractivity contribution in [2.24, 2.45) is 0 Å². The Balaban J connectivity index is 2.77. The lowest BCUT2D eigenvalue weighted by Crippen LogP contribution is -2.12. The molecule has 0 heterocycles. The Bertz CT molecular complexity index is 368. The molecule has 0 N–H and O–H groups in total. The van der Waals surface area contributed by atoms with Crippen LogP contribution >= 0.6 is 0 Å². The van der Waals surface area contributed by atoms with Gasteiger partial charge in [-0.1, -0.05) is 37.3 Å². The van der Waals surface area contributed by atoms with Gasteiger partial charge in [-0.05, 0) is 18.1 Å². The van der Waals surface area contributed by atoms with E-state index >= 15 is 0 Å². The number of hydrogen-bond donors (Lipinski definition) is 0. The maximum Gasteiger partial charge on any atom is 0.336 e. The van der Waals surface area contributed by atoms with E-state index in [0.29, 0.717) is 12.2 Å². The van der Waals surface area contributed by atoms with Crippen molar-refractivity contribution < 1.29 is 14.3 Å². The smallest absolute Gasteiger partial charge is 0.336 e. The van der Waals surface area contributed by atoms with Crippen LogP contribution in [-0.2, 0) is 14.3 Å². The minimum Gasteiger partial charge on any atom is -0.462 e. The van der Waals surface area contributed by atoms with Crippen LogP contribution < -0.4 is 0 Å². The summed E-state index contributed by atoms with van der Waals surface area (Å²) in [5.74, 6) is -0.308. The zero-order valence-corrected chi connectivity index (χ0v) is 10.3. The van der Waals surface area contributed by atoms with E-state index < -0.39 is 0 Å². The molecule has 0 fully saturated rings. The third kappa shape index (κ3) is 4.83. The molecule has 0 unspecified atom stereocenters. The first-order valence-electron chi connectivity index (χ1n) is 5.69. The van der Waals surface area contributed by atoms with Crippen molar-refractivity contribution in [3.63, 3.8) is 0 Å². The summed E-state index contributed by atoms with van der Waals surface area (Å²) in [5, 5.41) is 0. The van der Waals surface area contributed by atoms with Gasteiger partial charge in [0.1, 0.15) is 0 Å². The molecule has 0 spiro atoms. The van der Waals surface area contributed by atoms with Crippen LogP contribution in [0.3, 0.4) is 0 Å². The zero-order chi connectivity index (χ0) is 12.5. The summed E-state index contributed by atoms with van der Waals surface area (Å²) in [7, 11) is 1.56. The molecule has 0 aliphatic rings. The maximum absolute atomic E-state index is 11.7. The second kappa shape index (κ2) is 7.63. The highest BCUT2D eigenvalue weighted by Crippen LogP contribution is 2.08. The van der Waals surface area contributed by atoms with Crippen LogP contribution in [0.5, 0.6) is 0 Å². The Labute approximate surface area is 102 Å². The van der Waals surface area contributed by atoms with Gasteiger partial charge in [-0.25, -0.2) is 4.79 Å². The second-order valence-electron chi connectivity index (χ2n) is 3.65. The van der Waals surface area contributed by atoms with E-state index in [1.807, 2.05) is 37.3 Å². The Morgan fingerprint density at radius 3 is 2.59 bits per heavy atom. The van der Waals surface area contributed by atoms with Gasteiger partial charge in [-0.2, -0.15) is 0 Å². The Kier molecular flexibility index (Phi) is 6.04. The highest BCUT2D eigenvalue weighted by atomic mass is 16.5. The SMILES string of the molecule is CCCOC(=O)C(=Cc1ccccc1)COC. The molecule has 0 atom stereocenters. The number of rotatable bonds is 6. The quantitative estimate of drug-likeness (QED) is 0.560. The molecule has 0 aliphatic heterocycles. The first-order valence-corrected chi connectivity index (χ1v) is 5.69. The third-order valence-electron chi connectivity index (χ3n) is 2.14. The summed E-state index contributed by atoms with van der Waals surface area (Å²) in [6.07, 6.45) is 2.61. The van der Waals surface area contributed by atoms with Gasteiger partial charge in [0.05, 0.1) is 18.8 Å². The highest BCUT2D eigenvalue weighted by molar-refractivity contribution is 5.93. The molecule has 3 heteroatoms. The van der Waals surface area contributed by atoms with Gasteiger partial charge in [0.25, 0.3) is 0 Å². The van der Waals surface area contributed by atoms with Crippen LogP contribution in [0.15, 0.2) is 35.9 Å². The van der Waals surface area contributed by atoms with Crippen LogP contribution in [0.2, 0.25) is 0 Å². The van der Waals surface area contributed by atoms with Crippen molar-refractivity contribution in [2.75, 3.05) is 20.3 Å². The fraction of sp³-hybridized carbons (Fsp3) is 0.357. The molecule has 0 saturated heterocycles. The van der Waals surface area contributed by atoms with Crippen LogP contribution in [0.4, 0.5) is 0 Å². The number of benzene rings is 1. The van der Waals surface area contributed by atoms with E-state index in [-0.39, 0.29) is 12.6 Å². The predicted molar refractivity (Wildman–Crippen MR) is 67.5 cm³/mol. The predicted octanol–water partition coefficient (Wildman–Crippen LogP) is 2.67. The summed E-state index contributed by atoms with van der Waals surface area (Å²) in [4.78, 5) is 11.7. The maximum atomic E-state index is 11.7. The third-order valence-corrected chi connectivity index (χ3v) is 2.14. The lowest BCUT2D eigenvalue weighted by Gasteiger charge is -2.06. The standard InChI is InChI=1S/C14H18O3/c1-3-9-17-14(15)13(11-16-2)10-12-7-5-4-6-8-12/h4-8,10H,3,9,11H2,1-2H3. The van der Waals surface area contributed by atoms with E-state index in [4.69, 9.17) is 9.47 Å². The minimum absolute atomic E-state index is 0.261. The van der Waals surface area contributed by atoms with Crippen LogP contribution in [0, 0.1) is 0 Å². The average molecular weight is 234 g/mol. The van der Waals surface area contributed by atoms with Crippen molar-refractivity contribution in [2.45, 2.75) is 13.3 Å². The summed E-state index contributed by atoms with van der Waals surface area (Å²) >= 11 is 0. The summed E-state index contributed by atoms with van der Waals surface area (Å²) in [5.41, 5.74) is 1.50. The molecule has 1 aromatic carbocycles. The van der Waals surface area contributed by atoms with E-state index in [1.165, 1.54) is 0 Å². The van der Waals surface area contributed by atoms with Gasteiger partial charge >= 0.3 is 5.97 Å². The molecular weight excluding hydrogens is 216 g/mol. The Morgan fingerprint density at radius 2 is 2.00 bits per heavy atom. The molecule has 1 aromatic rings. The van der Waals surface area contributed by atoms with E-state index in [1.54, 1.807) is 13.2 Å². The largest absolute Gasteiger partial charge is 0.462 e. The molecule has 0 amide bonds. The molecule has 0 radical (unpaired) electrons. The number of carbonyl (C=O) groups excluding carboxylic acids is 1. The Morgan fingerprint density at radius 1 is 1.29 bits per heavy atom. The number of hydrogen-bond acceptors (Lipinski definition) is 3. The van der Waals surface area contributed by atoms with Gasteiger partial charge < -0.3 is 9.47 Å². The number of esters is 1.